The predicted molar refractivity (Wildman–Crippen MR) is 64.4 cm³/mol. The fourth-order valence-electron chi connectivity index (χ4n) is 1.71. The molecule has 0 saturated heterocycles. The molecule has 0 amide bonds. The Bertz CT molecular complexity index is 323. The van der Waals surface area contributed by atoms with E-state index in [1.807, 2.05) is 12.3 Å². The largest absolute Gasteiger partial charge is 0.357 e. The molecule has 1 aromatic heterocycles. The Balaban J connectivity index is 2.09. The Morgan fingerprint density at radius 1 is 1.53 bits per heavy atom. The van der Waals surface area contributed by atoms with Crippen LogP contribution in [0.15, 0.2) is 18.3 Å². The van der Waals surface area contributed by atoms with Gasteiger partial charge in [0, 0.05) is 25.2 Å². The van der Waals surface area contributed by atoms with E-state index in [2.05, 4.69) is 22.9 Å². The van der Waals surface area contributed by atoms with E-state index in [0.717, 1.165) is 30.4 Å². The van der Waals surface area contributed by atoms with Gasteiger partial charge in [-0.15, -0.1) is 11.6 Å². The minimum Gasteiger partial charge on any atom is -0.357 e. The third-order valence-corrected chi connectivity index (χ3v) is 3.15. The van der Waals surface area contributed by atoms with Gasteiger partial charge in [0.1, 0.15) is 5.82 Å². The molecule has 1 aliphatic rings. The lowest BCUT2D eigenvalue weighted by atomic mass is 10.2. The minimum atomic E-state index is 0.566. The molecule has 82 valence electrons. The molecule has 1 aliphatic carbocycles. The van der Waals surface area contributed by atoms with Crippen LogP contribution in [-0.2, 0) is 5.88 Å². The molecule has 1 heterocycles. The summed E-state index contributed by atoms with van der Waals surface area (Å²) in [6, 6.07) is 4.07. The molecule has 0 spiro atoms. The Hall–Kier alpha value is -0.760. The number of aromatic nitrogens is 1. The van der Waals surface area contributed by atoms with E-state index in [1.165, 1.54) is 12.8 Å². The first kappa shape index (κ1) is 10.7. The summed E-state index contributed by atoms with van der Waals surface area (Å²) < 4.78 is 0. The van der Waals surface area contributed by atoms with Gasteiger partial charge in [0.2, 0.25) is 0 Å². The van der Waals surface area contributed by atoms with Gasteiger partial charge in [-0.25, -0.2) is 4.98 Å². The van der Waals surface area contributed by atoms with Crippen molar-refractivity contribution in [2.24, 2.45) is 5.92 Å². The molecule has 1 saturated carbocycles. The number of hydrogen-bond acceptors (Lipinski definition) is 2. The van der Waals surface area contributed by atoms with Crippen LogP contribution in [0.3, 0.4) is 0 Å². The highest BCUT2D eigenvalue weighted by molar-refractivity contribution is 6.17. The highest BCUT2D eigenvalue weighted by Crippen LogP contribution is 2.31. The SMILES string of the molecule is CCN(CC1CC1)c1cc(CCl)ccn1. The van der Waals surface area contributed by atoms with Gasteiger partial charge in [-0.05, 0) is 43.4 Å². The second kappa shape index (κ2) is 4.84. The van der Waals surface area contributed by atoms with Gasteiger partial charge in [0.15, 0.2) is 0 Å². The van der Waals surface area contributed by atoms with E-state index in [-0.39, 0.29) is 0 Å². The maximum absolute atomic E-state index is 5.82. The van der Waals surface area contributed by atoms with Gasteiger partial charge in [0.05, 0.1) is 0 Å². The van der Waals surface area contributed by atoms with Crippen LogP contribution < -0.4 is 4.90 Å². The minimum absolute atomic E-state index is 0.566. The van der Waals surface area contributed by atoms with Crippen LogP contribution in [0, 0.1) is 5.92 Å². The molecule has 1 aromatic rings. The summed E-state index contributed by atoms with van der Waals surface area (Å²) >= 11 is 5.82. The Kier molecular flexibility index (Phi) is 3.47. The van der Waals surface area contributed by atoms with Crippen LogP contribution in [0.2, 0.25) is 0 Å². The molecule has 0 aromatic carbocycles. The summed E-state index contributed by atoms with van der Waals surface area (Å²) in [6.45, 7) is 4.35. The van der Waals surface area contributed by atoms with Crippen LogP contribution in [0.4, 0.5) is 5.82 Å². The second-order valence-corrected chi connectivity index (χ2v) is 4.41. The summed E-state index contributed by atoms with van der Waals surface area (Å²) in [7, 11) is 0. The van der Waals surface area contributed by atoms with Gasteiger partial charge in [0.25, 0.3) is 0 Å². The average molecular weight is 225 g/mol. The average Bonchev–Trinajstić information content (AvgIpc) is 3.10. The van der Waals surface area contributed by atoms with Crippen LogP contribution >= 0.6 is 11.6 Å². The summed E-state index contributed by atoms with van der Waals surface area (Å²) in [6.07, 6.45) is 4.61. The molecule has 2 rings (SSSR count). The van der Waals surface area contributed by atoms with Crippen molar-refractivity contribution in [1.82, 2.24) is 4.98 Å². The van der Waals surface area contributed by atoms with Crippen molar-refractivity contribution in [3.63, 3.8) is 0 Å². The number of pyridine rings is 1. The van der Waals surface area contributed by atoms with Crippen LogP contribution in [0.25, 0.3) is 0 Å². The molecule has 0 bridgehead atoms. The number of anilines is 1. The highest BCUT2D eigenvalue weighted by atomic mass is 35.5. The van der Waals surface area contributed by atoms with Crippen molar-refractivity contribution in [3.05, 3.63) is 23.9 Å². The normalized spacial score (nSPS) is 15.3. The molecule has 3 heteroatoms. The lowest BCUT2D eigenvalue weighted by molar-refractivity contribution is 0.731. The highest BCUT2D eigenvalue weighted by Gasteiger charge is 2.24. The number of rotatable bonds is 5. The molecule has 0 atom stereocenters. The first-order valence-electron chi connectivity index (χ1n) is 5.59. The molecular weight excluding hydrogens is 208 g/mol. The van der Waals surface area contributed by atoms with Gasteiger partial charge in [-0.3, -0.25) is 0 Å². The number of hydrogen-bond donors (Lipinski definition) is 0. The van der Waals surface area contributed by atoms with Crippen molar-refractivity contribution in [1.29, 1.82) is 0 Å². The van der Waals surface area contributed by atoms with Gasteiger partial charge in [-0.2, -0.15) is 0 Å². The number of nitrogens with zero attached hydrogens (tertiary/aromatic N) is 2. The summed E-state index contributed by atoms with van der Waals surface area (Å²) in [5.74, 6) is 2.53. The lowest BCUT2D eigenvalue weighted by Gasteiger charge is -2.22. The second-order valence-electron chi connectivity index (χ2n) is 4.14. The molecule has 0 N–H and O–H groups in total. The summed E-state index contributed by atoms with van der Waals surface area (Å²) in [5, 5.41) is 0. The zero-order valence-corrected chi connectivity index (χ0v) is 9.87. The van der Waals surface area contributed by atoms with Crippen molar-refractivity contribution in [2.75, 3.05) is 18.0 Å². The maximum atomic E-state index is 5.82. The van der Waals surface area contributed by atoms with E-state index < -0.39 is 0 Å². The molecule has 0 aliphatic heterocycles. The molecule has 1 fully saturated rings. The van der Waals surface area contributed by atoms with E-state index in [1.54, 1.807) is 0 Å². The van der Waals surface area contributed by atoms with Crippen molar-refractivity contribution >= 4 is 17.4 Å². The smallest absolute Gasteiger partial charge is 0.128 e. The van der Waals surface area contributed by atoms with E-state index in [9.17, 15) is 0 Å². The van der Waals surface area contributed by atoms with Gasteiger partial charge >= 0.3 is 0 Å². The van der Waals surface area contributed by atoms with E-state index in [4.69, 9.17) is 11.6 Å². The zero-order valence-electron chi connectivity index (χ0n) is 9.12. The fourth-order valence-corrected chi connectivity index (χ4v) is 1.88. The van der Waals surface area contributed by atoms with Crippen molar-refractivity contribution in [2.45, 2.75) is 25.6 Å². The first-order valence-corrected chi connectivity index (χ1v) is 6.12. The quantitative estimate of drug-likeness (QED) is 0.715. The molecular formula is C12H17ClN2. The van der Waals surface area contributed by atoms with Gasteiger partial charge in [-0.1, -0.05) is 0 Å². The topological polar surface area (TPSA) is 16.1 Å². The predicted octanol–water partition coefficient (Wildman–Crippen LogP) is 3.06. The Morgan fingerprint density at radius 2 is 2.33 bits per heavy atom. The monoisotopic (exact) mass is 224 g/mol. The van der Waals surface area contributed by atoms with Crippen molar-refractivity contribution in [3.8, 4) is 0 Å². The van der Waals surface area contributed by atoms with E-state index >= 15 is 0 Å². The van der Waals surface area contributed by atoms with Gasteiger partial charge < -0.3 is 4.90 Å². The van der Waals surface area contributed by atoms with Crippen molar-refractivity contribution < 1.29 is 0 Å². The van der Waals surface area contributed by atoms with Crippen LogP contribution in [-0.4, -0.2) is 18.1 Å². The molecule has 2 nitrogen and oxygen atoms in total. The standard InChI is InChI=1S/C12H17ClN2/c1-2-15(9-10-3-4-10)12-7-11(8-13)5-6-14-12/h5-7,10H,2-4,8-9H2,1H3. The zero-order chi connectivity index (χ0) is 10.7. The summed E-state index contributed by atoms with van der Waals surface area (Å²) in [4.78, 5) is 6.75. The van der Waals surface area contributed by atoms with Crippen LogP contribution in [0.5, 0.6) is 0 Å². The van der Waals surface area contributed by atoms with E-state index in [0.29, 0.717) is 5.88 Å². The third-order valence-electron chi connectivity index (χ3n) is 2.85. The molecule has 0 unspecified atom stereocenters. The summed E-state index contributed by atoms with van der Waals surface area (Å²) in [5.41, 5.74) is 1.15. The molecule has 0 radical (unpaired) electrons. The van der Waals surface area contributed by atoms with Crippen LogP contribution in [0.1, 0.15) is 25.3 Å². The maximum Gasteiger partial charge on any atom is 0.128 e. The fraction of sp³-hybridized carbons (Fsp3) is 0.583. The Morgan fingerprint density at radius 3 is 2.93 bits per heavy atom. The number of alkyl halides is 1. The third kappa shape index (κ3) is 2.85. The number of halogens is 1. The molecule has 15 heavy (non-hydrogen) atoms. The Labute approximate surface area is 96.3 Å². The lowest BCUT2D eigenvalue weighted by Crippen LogP contribution is -2.26. The first-order chi connectivity index (χ1) is 7.33.